The number of carbonyl (C=O) groups is 1. The second-order valence-corrected chi connectivity index (χ2v) is 6.90. The van der Waals surface area contributed by atoms with Crippen LogP contribution in [0.15, 0.2) is 48.5 Å². The number of hydrogen-bond donors (Lipinski definition) is 1. The van der Waals surface area contributed by atoms with Gasteiger partial charge in [-0.2, -0.15) is 0 Å². The molecule has 0 atom stereocenters. The normalized spacial score (nSPS) is 15.8. The van der Waals surface area contributed by atoms with Crippen molar-refractivity contribution in [1.29, 1.82) is 0 Å². The summed E-state index contributed by atoms with van der Waals surface area (Å²) in [5, 5.41) is 3.65. The predicted octanol–water partition coefficient (Wildman–Crippen LogP) is 3.74. The van der Waals surface area contributed by atoms with E-state index in [2.05, 4.69) is 17.3 Å². The molecule has 0 aromatic heterocycles. The van der Waals surface area contributed by atoms with E-state index in [1.807, 2.05) is 30.3 Å². The Labute approximate surface area is 153 Å². The van der Waals surface area contributed by atoms with Crippen molar-refractivity contribution < 1.29 is 9.53 Å². The van der Waals surface area contributed by atoms with E-state index in [0.717, 1.165) is 31.5 Å². The summed E-state index contributed by atoms with van der Waals surface area (Å²) in [6, 6.07) is 15.3. The third-order valence-corrected chi connectivity index (χ3v) is 4.71. The van der Waals surface area contributed by atoms with Crippen molar-refractivity contribution in [2.75, 3.05) is 20.1 Å². The Balaban J connectivity index is 1.69. The van der Waals surface area contributed by atoms with Crippen LogP contribution in [0.25, 0.3) is 0 Å². The van der Waals surface area contributed by atoms with Gasteiger partial charge < -0.3 is 15.0 Å². The van der Waals surface area contributed by atoms with Crippen molar-refractivity contribution in [2.24, 2.45) is 0 Å². The molecular formula is C20H23ClN2O2. The lowest BCUT2D eigenvalue weighted by atomic mass is 10.0. The van der Waals surface area contributed by atoms with Crippen molar-refractivity contribution in [3.63, 3.8) is 0 Å². The van der Waals surface area contributed by atoms with E-state index in [0.29, 0.717) is 22.9 Å². The SMILES string of the molecule is CN1CCC(NC(=O)c2cc(Cl)ccc2OCc2ccccc2)CC1. The standard InChI is InChI=1S/C20H23ClN2O2/c1-23-11-9-17(10-12-23)22-20(24)18-13-16(21)7-8-19(18)25-14-15-5-3-2-4-6-15/h2-8,13,17H,9-12,14H2,1H3,(H,22,24). The van der Waals surface area contributed by atoms with Crippen molar-refractivity contribution >= 4 is 17.5 Å². The number of halogens is 1. The van der Waals surface area contributed by atoms with E-state index >= 15 is 0 Å². The van der Waals surface area contributed by atoms with Gasteiger partial charge in [0.05, 0.1) is 5.56 Å². The van der Waals surface area contributed by atoms with Gasteiger partial charge in [-0.15, -0.1) is 0 Å². The van der Waals surface area contributed by atoms with E-state index in [4.69, 9.17) is 16.3 Å². The fourth-order valence-corrected chi connectivity index (χ4v) is 3.13. The van der Waals surface area contributed by atoms with E-state index in [1.54, 1.807) is 18.2 Å². The molecule has 5 heteroatoms. The number of ether oxygens (including phenoxy) is 1. The Bertz CT molecular complexity index is 713. The first kappa shape index (κ1) is 17.8. The Morgan fingerprint density at radius 2 is 1.92 bits per heavy atom. The molecule has 0 saturated carbocycles. The molecule has 1 fully saturated rings. The summed E-state index contributed by atoms with van der Waals surface area (Å²) in [7, 11) is 2.10. The van der Waals surface area contributed by atoms with Crippen LogP contribution >= 0.6 is 11.6 Å². The number of rotatable bonds is 5. The van der Waals surface area contributed by atoms with Crippen LogP contribution in [-0.4, -0.2) is 37.0 Å². The number of likely N-dealkylation sites (tertiary alicyclic amines) is 1. The minimum Gasteiger partial charge on any atom is -0.488 e. The van der Waals surface area contributed by atoms with Gasteiger partial charge in [0.1, 0.15) is 12.4 Å². The number of hydrogen-bond acceptors (Lipinski definition) is 3. The van der Waals surface area contributed by atoms with Gasteiger partial charge in [-0.3, -0.25) is 4.79 Å². The average molecular weight is 359 g/mol. The highest BCUT2D eigenvalue weighted by Crippen LogP contribution is 2.24. The minimum absolute atomic E-state index is 0.125. The Morgan fingerprint density at radius 3 is 2.64 bits per heavy atom. The molecule has 0 aliphatic carbocycles. The molecule has 4 nitrogen and oxygen atoms in total. The van der Waals surface area contributed by atoms with Crippen molar-refractivity contribution in [2.45, 2.75) is 25.5 Å². The summed E-state index contributed by atoms with van der Waals surface area (Å²) in [6.45, 7) is 2.41. The summed E-state index contributed by atoms with van der Waals surface area (Å²) in [5.41, 5.74) is 1.54. The molecule has 1 heterocycles. The highest BCUT2D eigenvalue weighted by Gasteiger charge is 2.21. The fraction of sp³-hybridized carbons (Fsp3) is 0.350. The molecule has 1 aliphatic heterocycles. The second-order valence-electron chi connectivity index (χ2n) is 6.47. The molecule has 0 spiro atoms. The molecule has 0 unspecified atom stereocenters. The molecule has 0 bridgehead atoms. The van der Waals surface area contributed by atoms with Gasteiger partial charge in [0.25, 0.3) is 5.91 Å². The second kappa shape index (κ2) is 8.37. The lowest BCUT2D eigenvalue weighted by Crippen LogP contribution is -2.43. The lowest BCUT2D eigenvalue weighted by molar-refractivity contribution is 0.0912. The maximum Gasteiger partial charge on any atom is 0.255 e. The Kier molecular flexibility index (Phi) is 5.95. The maximum absolute atomic E-state index is 12.7. The van der Waals surface area contributed by atoms with Crippen molar-refractivity contribution in [3.8, 4) is 5.75 Å². The highest BCUT2D eigenvalue weighted by atomic mass is 35.5. The summed E-state index contributed by atoms with van der Waals surface area (Å²) in [6.07, 6.45) is 1.92. The van der Waals surface area contributed by atoms with Gasteiger partial charge in [-0.05, 0) is 56.7 Å². The van der Waals surface area contributed by atoms with Gasteiger partial charge in [0.15, 0.2) is 0 Å². The smallest absolute Gasteiger partial charge is 0.255 e. The first-order chi connectivity index (χ1) is 12.1. The maximum atomic E-state index is 12.7. The molecule has 2 aromatic rings. The van der Waals surface area contributed by atoms with Gasteiger partial charge in [0.2, 0.25) is 0 Å². The van der Waals surface area contributed by atoms with Gasteiger partial charge in [0, 0.05) is 11.1 Å². The monoisotopic (exact) mass is 358 g/mol. The van der Waals surface area contributed by atoms with Gasteiger partial charge >= 0.3 is 0 Å². The van der Waals surface area contributed by atoms with Crippen LogP contribution in [0.3, 0.4) is 0 Å². The highest BCUT2D eigenvalue weighted by molar-refractivity contribution is 6.31. The Morgan fingerprint density at radius 1 is 1.20 bits per heavy atom. The molecule has 1 N–H and O–H groups in total. The molecule has 1 saturated heterocycles. The number of piperidine rings is 1. The molecule has 0 radical (unpaired) electrons. The van der Waals surface area contributed by atoms with Crippen LogP contribution in [0.4, 0.5) is 0 Å². The molecule has 1 amide bonds. The number of nitrogens with one attached hydrogen (secondary N) is 1. The summed E-state index contributed by atoms with van der Waals surface area (Å²) in [4.78, 5) is 15.0. The average Bonchev–Trinajstić information content (AvgIpc) is 2.63. The van der Waals surface area contributed by atoms with Crippen LogP contribution in [0.1, 0.15) is 28.8 Å². The largest absolute Gasteiger partial charge is 0.488 e. The topological polar surface area (TPSA) is 41.6 Å². The zero-order chi connectivity index (χ0) is 17.6. The van der Waals surface area contributed by atoms with Crippen LogP contribution in [0.2, 0.25) is 5.02 Å². The quantitative estimate of drug-likeness (QED) is 0.885. The third kappa shape index (κ3) is 4.97. The van der Waals surface area contributed by atoms with Gasteiger partial charge in [-0.1, -0.05) is 41.9 Å². The fourth-order valence-electron chi connectivity index (χ4n) is 2.96. The van der Waals surface area contributed by atoms with E-state index < -0.39 is 0 Å². The summed E-state index contributed by atoms with van der Waals surface area (Å²) in [5.74, 6) is 0.429. The predicted molar refractivity (Wildman–Crippen MR) is 100 cm³/mol. The van der Waals surface area contributed by atoms with E-state index in [1.165, 1.54) is 0 Å². The van der Waals surface area contributed by atoms with Gasteiger partial charge in [-0.25, -0.2) is 0 Å². The van der Waals surface area contributed by atoms with Crippen LogP contribution in [0.5, 0.6) is 5.75 Å². The molecule has 132 valence electrons. The minimum atomic E-state index is -0.125. The number of amides is 1. The van der Waals surface area contributed by atoms with Crippen LogP contribution in [-0.2, 0) is 6.61 Å². The number of nitrogens with zero attached hydrogens (tertiary/aromatic N) is 1. The zero-order valence-corrected chi connectivity index (χ0v) is 15.1. The molecule has 2 aromatic carbocycles. The first-order valence-electron chi connectivity index (χ1n) is 8.57. The van der Waals surface area contributed by atoms with Crippen molar-refractivity contribution in [1.82, 2.24) is 10.2 Å². The van der Waals surface area contributed by atoms with Crippen LogP contribution < -0.4 is 10.1 Å². The van der Waals surface area contributed by atoms with Crippen LogP contribution in [0, 0.1) is 0 Å². The molecule has 25 heavy (non-hydrogen) atoms. The summed E-state index contributed by atoms with van der Waals surface area (Å²) >= 11 is 6.10. The summed E-state index contributed by atoms with van der Waals surface area (Å²) < 4.78 is 5.88. The number of benzene rings is 2. The lowest BCUT2D eigenvalue weighted by Gasteiger charge is -2.29. The zero-order valence-electron chi connectivity index (χ0n) is 14.4. The molecule has 1 aliphatic rings. The van der Waals surface area contributed by atoms with E-state index in [9.17, 15) is 4.79 Å². The number of carbonyl (C=O) groups excluding carboxylic acids is 1. The molecular weight excluding hydrogens is 336 g/mol. The molecule has 3 rings (SSSR count). The van der Waals surface area contributed by atoms with E-state index in [-0.39, 0.29) is 11.9 Å². The van der Waals surface area contributed by atoms with Crippen molar-refractivity contribution in [3.05, 3.63) is 64.7 Å². The first-order valence-corrected chi connectivity index (χ1v) is 8.95. The Hall–Kier alpha value is -2.04. The third-order valence-electron chi connectivity index (χ3n) is 4.48.